The summed E-state index contributed by atoms with van der Waals surface area (Å²) in [7, 11) is -1.75. The maximum absolute atomic E-state index is 12.3. The highest BCUT2D eigenvalue weighted by Crippen LogP contribution is 2.21. The smallest absolute Gasteiger partial charge is 0.238 e. The van der Waals surface area contributed by atoms with Crippen molar-refractivity contribution in [2.24, 2.45) is 0 Å². The third-order valence-corrected chi connectivity index (χ3v) is 7.55. The van der Waals surface area contributed by atoms with Crippen molar-refractivity contribution >= 4 is 15.7 Å². The first-order valence-corrected chi connectivity index (χ1v) is 10.7. The first kappa shape index (κ1) is 20.7. The van der Waals surface area contributed by atoms with Crippen LogP contribution in [0.15, 0.2) is 24.3 Å². The van der Waals surface area contributed by atoms with Gasteiger partial charge >= 0.3 is 0 Å². The van der Waals surface area contributed by atoms with E-state index in [9.17, 15) is 13.2 Å². The van der Waals surface area contributed by atoms with E-state index in [-0.39, 0.29) is 11.9 Å². The highest BCUT2D eigenvalue weighted by molar-refractivity contribution is 7.93. The van der Waals surface area contributed by atoms with Crippen LogP contribution in [0, 0.1) is 0 Å². The van der Waals surface area contributed by atoms with Gasteiger partial charge in [-0.1, -0.05) is 18.2 Å². The van der Waals surface area contributed by atoms with Crippen molar-refractivity contribution in [3.8, 4) is 5.75 Å². The van der Waals surface area contributed by atoms with Crippen molar-refractivity contribution in [3.05, 3.63) is 29.8 Å². The number of amides is 1. The van der Waals surface area contributed by atoms with Crippen LogP contribution >= 0.6 is 0 Å². The van der Waals surface area contributed by atoms with Crippen molar-refractivity contribution in [2.45, 2.75) is 56.7 Å². The minimum atomic E-state index is -3.42. The molecule has 1 saturated heterocycles. The average Bonchev–Trinajstić information content (AvgIpc) is 2.62. The third-order valence-electron chi connectivity index (χ3n) is 5.04. The fourth-order valence-electron chi connectivity index (χ4n) is 3.19. The molecule has 146 valence electrons. The Labute approximate surface area is 156 Å². The Morgan fingerprint density at radius 3 is 2.42 bits per heavy atom. The van der Waals surface area contributed by atoms with E-state index in [1.807, 2.05) is 18.2 Å². The molecule has 1 N–H and O–H groups in total. The fraction of sp³-hybridized carbons (Fsp3) is 0.632. The average molecular weight is 383 g/mol. The fourth-order valence-corrected chi connectivity index (χ4v) is 4.37. The number of likely N-dealkylation sites (tertiary alicyclic amines) is 1. The molecule has 1 aliphatic rings. The summed E-state index contributed by atoms with van der Waals surface area (Å²) >= 11 is 0. The lowest BCUT2D eigenvalue weighted by Crippen LogP contribution is -2.49. The predicted molar refractivity (Wildman–Crippen MR) is 103 cm³/mol. The van der Waals surface area contributed by atoms with Gasteiger partial charge in [-0.2, -0.15) is 0 Å². The van der Waals surface area contributed by atoms with Crippen LogP contribution in [0.25, 0.3) is 0 Å². The molecule has 26 heavy (non-hydrogen) atoms. The summed E-state index contributed by atoms with van der Waals surface area (Å²) in [5, 5.41) is 1.36. The topological polar surface area (TPSA) is 75.7 Å². The Kier molecular flexibility index (Phi) is 7.06. The van der Waals surface area contributed by atoms with Crippen LogP contribution in [0.5, 0.6) is 5.75 Å². The van der Waals surface area contributed by atoms with Gasteiger partial charge < -0.3 is 10.1 Å². The largest absolute Gasteiger partial charge is 0.496 e. The monoisotopic (exact) mass is 382 g/mol. The number of methoxy groups -OCH3 is 1. The molecule has 1 aromatic carbocycles. The number of piperidine rings is 1. The SMILES string of the molecule is COc1ccccc1CN1CCC(NC(=O)C(C)S(=O)(=O)C(C)C)CC1. The number of carbonyl (C=O) groups excluding carboxylic acids is 1. The molecule has 0 bridgehead atoms. The number of nitrogens with one attached hydrogen (secondary N) is 1. The molecule has 0 aromatic heterocycles. The second-order valence-corrected chi connectivity index (χ2v) is 9.98. The highest BCUT2D eigenvalue weighted by Gasteiger charge is 2.32. The standard InChI is InChI=1S/C19H30N2O4S/c1-14(2)26(23,24)15(3)19(22)20-17-9-11-21(12-10-17)13-16-7-5-6-8-18(16)25-4/h5-8,14-15,17H,9-13H2,1-4H3,(H,20,22). The zero-order chi connectivity index (χ0) is 19.3. The van der Waals surface area contributed by atoms with E-state index >= 15 is 0 Å². The second-order valence-electron chi connectivity index (χ2n) is 7.15. The number of nitrogens with zero attached hydrogens (tertiary/aromatic N) is 1. The first-order chi connectivity index (χ1) is 12.3. The maximum atomic E-state index is 12.3. The Morgan fingerprint density at radius 1 is 1.23 bits per heavy atom. The zero-order valence-electron chi connectivity index (χ0n) is 16.1. The summed E-state index contributed by atoms with van der Waals surface area (Å²) in [4.78, 5) is 14.6. The Morgan fingerprint density at radius 2 is 1.85 bits per heavy atom. The molecule has 2 rings (SSSR count). The maximum Gasteiger partial charge on any atom is 0.238 e. The second kappa shape index (κ2) is 8.86. The van der Waals surface area contributed by atoms with Gasteiger partial charge in [-0.3, -0.25) is 9.69 Å². The van der Waals surface area contributed by atoms with E-state index in [1.54, 1.807) is 21.0 Å². The molecule has 1 atom stereocenters. The number of hydrogen-bond acceptors (Lipinski definition) is 5. The van der Waals surface area contributed by atoms with Gasteiger partial charge in [-0.25, -0.2) is 8.42 Å². The number of para-hydroxylation sites is 1. The van der Waals surface area contributed by atoms with Crippen molar-refractivity contribution in [1.82, 2.24) is 10.2 Å². The molecule has 1 amide bonds. The molecule has 7 heteroatoms. The number of benzene rings is 1. The van der Waals surface area contributed by atoms with Crippen molar-refractivity contribution in [3.63, 3.8) is 0 Å². The summed E-state index contributed by atoms with van der Waals surface area (Å²) in [6.45, 7) is 7.21. The van der Waals surface area contributed by atoms with E-state index in [4.69, 9.17) is 4.74 Å². The lowest BCUT2D eigenvalue weighted by atomic mass is 10.0. The van der Waals surface area contributed by atoms with Gasteiger partial charge in [-0.05, 0) is 39.7 Å². The van der Waals surface area contributed by atoms with Crippen molar-refractivity contribution in [1.29, 1.82) is 0 Å². The van der Waals surface area contributed by atoms with Gasteiger partial charge in [0.2, 0.25) is 5.91 Å². The summed E-state index contributed by atoms with van der Waals surface area (Å²) in [5.41, 5.74) is 1.15. The molecule has 0 aliphatic carbocycles. The van der Waals surface area contributed by atoms with Gasteiger partial charge in [-0.15, -0.1) is 0 Å². The molecule has 1 unspecified atom stereocenters. The highest BCUT2D eigenvalue weighted by atomic mass is 32.2. The van der Waals surface area contributed by atoms with Gasteiger partial charge in [0.05, 0.1) is 12.4 Å². The third kappa shape index (κ3) is 4.98. The number of carbonyl (C=O) groups is 1. The molecule has 1 aromatic rings. The summed E-state index contributed by atoms with van der Waals surface area (Å²) in [6, 6.07) is 8.00. The van der Waals surface area contributed by atoms with Gasteiger partial charge in [0, 0.05) is 31.2 Å². The Balaban J connectivity index is 1.86. The van der Waals surface area contributed by atoms with E-state index in [1.165, 1.54) is 6.92 Å². The quantitative estimate of drug-likeness (QED) is 0.780. The molecule has 0 saturated carbocycles. The molecular weight excluding hydrogens is 352 g/mol. The van der Waals surface area contributed by atoms with Crippen LogP contribution in [0.3, 0.4) is 0 Å². The zero-order valence-corrected chi connectivity index (χ0v) is 16.9. The summed E-state index contributed by atoms with van der Waals surface area (Å²) in [5.74, 6) is 0.498. The van der Waals surface area contributed by atoms with Crippen LogP contribution in [0.2, 0.25) is 0 Å². The summed E-state index contributed by atoms with van der Waals surface area (Å²) < 4.78 is 29.7. The number of hydrogen-bond donors (Lipinski definition) is 1. The minimum absolute atomic E-state index is 0.0289. The predicted octanol–water partition coefficient (Wildman–Crippen LogP) is 1.99. The van der Waals surface area contributed by atoms with Crippen molar-refractivity contribution < 1.29 is 17.9 Å². The van der Waals surface area contributed by atoms with E-state index in [0.717, 1.165) is 43.8 Å². The van der Waals surface area contributed by atoms with Crippen LogP contribution in [-0.4, -0.2) is 56.0 Å². The lowest BCUT2D eigenvalue weighted by Gasteiger charge is -2.33. The molecular formula is C19H30N2O4S. The Hall–Kier alpha value is -1.60. The minimum Gasteiger partial charge on any atom is -0.496 e. The van der Waals surface area contributed by atoms with Crippen LogP contribution in [0.1, 0.15) is 39.2 Å². The van der Waals surface area contributed by atoms with E-state index in [2.05, 4.69) is 16.3 Å². The van der Waals surface area contributed by atoms with Gasteiger partial charge in [0.25, 0.3) is 0 Å². The molecule has 1 aliphatic heterocycles. The molecule has 6 nitrogen and oxygen atoms in total. The first-order valence-electron chi connectivity index (χ1n) is 9.13. The number of sulfone groups is 1. The van der Waals surface area contributed by atoms with E-state index in [0.29, 0.717) is 0 Å². The molecule has 0 spiro atoms. The number of ether oxygens (including phenoxy) is 1. The van der Waals surface area contributed by atoms with Crippen LogP contribution < -0.4 is 10.1 Å². The summed E-state index contributed by atoms with van der Waals surface area (Å²) in [6.07, 6.45) is 1.63. The van der Waals surface area contributed by atoms with E-state index < -0.39 is 20.3 Å². The normalized spacial score (nSPS) is 17.9. The Bertz CT molecular complexity index is 710. The van der Waals surface area contributed by atoms with Crippen LogP contribution in [0.4, 0.5) is 0 Å². The van der Waals surface area contributed by atoms with Gasteiger partial charge in [0.15, 0.2) is 9.84 Å². The lowest BCUT2D eigenvalue weighted by molar-refractivity contribution is -0.121. The molecule has 1 fully saturated rings. The van der Waals surface area contributed by atoms with Gasteiger partial charge in [0.1, 0.15) is 11.0 Å². The molecule has 0 radical (unpaired) electrons. The van der Waals surface area contributed by atoms with Crippen LogP contribution in [-0.2, 0) is 21.2 Å². The van der Waals surface area contributed by atoms with Crippen molar-refractivity contribution in [2.75, 3.05) is 20.2 Å². The molecule has 1 heterocycles. The number of rotatable bonds is 7.